The van der Waals surface area contributed by atoms with Crippen LogP contribution >= 0.6 is 0 Å². The first-order chi connectivity index (χ1) is 9.94. The van der Waals surface area contributed by atoms with Crippen molar-refractivity contribution < 1.29 is 22.6 Å². The Kier molecular flexibility index (Phi) is 7.53. The molecular formula is C15H22F3NO2. The molecule has 0 saturated carbocycles. The van der Waals surface area contributed by atoms with Gasteiger partial charge in [0.15, 0.2) is 0 Å². The third-order valence-corrected chi connectivity index (χ3v) is 3.18. The summed E-state index contributed by atoms with van der Waals surface area (Å²) in [5, 5.41) is 0. The Morgan fingerprint density at radius 1 is 1.19 bits per heavy atom. The Morgan fingerprint density at radius 2 is 1.86 bits per heavy atom. The lowest BCUT2D eigenvalue weighted by molar-refractivity contribution is -0.174. The van der Waals surface area contributed by atoms with Gasteiger partial charge < -0.3 is 15.2 Å². The van der Waals surface area contributed by atoms with Gasteiger partial charge in [-0.15, -0.1) is 0 Å². The molecule has 21 heavy (non-hydrogen) atoms. The zero-order valence-corrected chi connectivity index (χ0v) is 12.2. The summed E-state index contributed by atoms with van der Waals surface area (Å²) in [5.41, 5.74) is 6.86. The SMILES string of the molecule is COc1ccc(CC(CN)CCCOCC(F)(F)F)cc1. The van der Waals surface area contributed by atoms with Gasteiger partial charge in [0.25, 0.3) is 0 Å². The Labute approximate surface area is 123 Å². The van der Waals surface area contributed by atoms with E-state index in [4.69, 9.17) is 10.5 Å². The van der Waals surface area contributed by atoms with Gasteiger partial charge in [0.05, 0.1) is 7.11 Å². The van der Waals surface area contributed by atoms with Crippen molar-refractivity contribution in [2.75, 3.05) is 26.9 Å². The minimum absolute atomic E-state index is 0.110. The Balaban J connectivity index is 2.27. The summed E-state index contributed by atoms with van der Waals surface area (Å²) in [5.74, 6) is 1.04. The fraction of sp³-hybridized carbons (Fsp3) is 0.600. The highest BCUT2D eigenvalue weighted by molar-refractivity contribution is 5.27. The van der Waals surface area contributed by atoms with Gasteiger partial charge in [0, 0.05) is 6.61 Å². The average molecular weight is 305 g/mol. The molecular weight excluding hydrogens is 283 g/mol. The molecule has 1 atom stereocenters. The van der Waals surface area contributed by atoms with Crippen molar-refractivity contribution in [3.8, 4) is 5.75 Å². The number of methoxy groups -OCH3 is 1. The molecule has 0 aromatic heterocycles. The zero-order valence-electron chi connectivity index (χ0n) is 12.2. The van der Waals surface area contributed by atoms with Gasteiger partial charge in [0.2, 0.25) is 0 Å². The number of rotatable bonds is 9. The normalized spacial score (nSPS) is 13.2. The monoisotopic (exact) mass is 305 g/mol. The average Bonchev–Trinajstić information content (AvgIpc) is 2.45. The molecule has 0 aliphatic rings. The van der Waals surface area contributed by atoms with E-state index in [9.17, 15) is 13.2 Å². The van der Waals surface area contributed by atoms with E-state index < -0.39 is 12.8 Å². The molecule has 120 valence electrons. The topological polar surface area (TPSA) is 44.5 Å². The Hall–Kier alpha value is -1.27. The molecule has 6 heteroatoms. The number of ether oxygens (including phenoxy) is 2. The number of hydrogen-bond donors (Lipinski definition) is 1. The predicted molar refractivity (Wildman–Crippen MR) is 75.4 cm³/mol. The van der Waals surface area contributed by atoms with Crippen molar-refractivity contribution in [3.63, 3.8) is 0 Å². The predicted octanol–water partition coefficient (Wildman–Crippen LogP) is 3.17. The molecule has 0 radical (unpaired) electrons. The van der Waals surface area contributed by atoms with E-state index in [2.05, 4.69) is 4.74 Å². The van der Waals surface area contributed by atoms with Crippen LogP contribution in [0.5, 0.6) is 5.75 Å². The molecule has 3 nitrogen and oxygen atoms in total. The number of benzene rings is 1. The summed E-state index contributed by atoms with van der Waals surface area (Å²) in [4.78, 5) is 0. The summed E-state index contributed by atoms with van der Waals surface area (Å²) in [6.07, 6.45) is -2.12. The number of nitrogens with two attached hydrogens (primary N) is 1. The van der Waals surface area contributed by atoms with Crippen molar-refractivity contribution in [3.05, 3.63) is 29.8 Å². The molecule has 2 N–H and O–H groups in total. The van der Waals surface area contributed by atoms with E-state index in [1.165, 1.54) is 0 Å². The van der Waals surface area contributed by atoms with E-state index in [0.717, 1.165) is 24.2 Å². The van der Waals surface area contributed by atoms with Crippen LogP contribution in [0.1, 0.15) is 18.4 Å². The van der Waals surface area contributed by atoms with Crippen molar-refractivity contribution >= 4 is 0 Å². The fourth-order valence-electron chi connectivity index (χ4n) is 2.06. The van der Waals surface area contributed by atoms with Crippen LogP contribution in [-0.4, -0.2) is 33.0 Å². The Bertz CT molecular complexity index is 393. The van der Waals surface area contributed by atoms with Crippen LogP contribution < -0.4 is 10.5 Å². The summed E-state index contributed by atoms with van der Waals surface area (Å²) >= 11 is 0. The van der Waals surface area contributed by atoms with Gasteiger partial charge in [-0.25, -0.2) is 0 Å². The lowest BCUT2D eigenvalue weighted by Crippen LogP contribution is -2.19. The van der Waals surface area contributed by atoms with Crippen LogP contribution in [0.3, 0.4) is 0 Å². The summed E-state index contributed by atoms with van der Waals surface area (Å²) < 4.78 is 45.4. The second-order valence-electron chi connectivity index (χ2n) is 4.96. The highest BCUT2D eigenvalue weighted by atomic mass is 19.4. The number of halogens is 3. The summed E-state index contributed by atoms with van der Waals surface area (Å²) in [7, 11) is 1.61. The molecule has 0 fully saturated rings. The van der Waals surface area contributed by atoms with Crippen LogP contribution in [0.2, 0.25) is 0 Å². The van der Waals surface area contributed by atoms with Gasteiger partial charge in [-0.2, -0.15) is 13.2 Å². The molecule has 0 aliphatic heterocycles. The molecule has 0 saturated heterocycles. The molecule has 0 heterocycles. The van der Waals surface area contributed by atoms with Crippen molar-refractivity contribution in [2.45, 2.75) is 25.4 Å². The van der Waals surface area contributed by atoms with E-state index in [-0.39, 0.29) is 12.5 Å². The maximum atomic E-state index is 11.9. The third-order valence-electron chi connectivity index (χ3n) is 3.18. The van der Waals surface area contributed by atoms with Crippen molar-refractivity contribution in [2.24, 2.45) is 11.7 Å². The van der Waals surface area contributed by atoms with Gasteiger partial charge in [-0.05, 0) is 49.4 Å². The van der Waals surface area contributed by atoms with E-state index in [0.29, 0.717) is 13.0 Å². The molecule has 0 bridgehead atoms. The van der Waals surface area contributed by atoms with Crippen LogP contribution in [0.15, 0.2) is 24.3 Å². The smallest absolute Gasteiger partial charge is 0.411 e. The lowest BCUT2D eigenvalue weighted by atomic mass is 9.95. The minimum atomic E-state index is -4.25. The maximum absolute atomic E-state index is 11.9. The fourth-order valence-corrected chi connectivity index (χ4v) is 2.06. The molecule has 1 aromatic rings. The zero-order chi connectivity index (χ0) is 15.7. The number of alkyl halides is 3. The molecule has 1 unspecified atom stereocenters. The Morgan fingerprint density at radius 3 is 2.38 bits per heavy atom. The van der Waals surface area contributed by atoms with Crippen LogP contribution in [0.4, 0.5) is 13.2 Å². The molecule has 0 spiro atoms. The van der Waals surface area contributed by atoms with Gasteiger partial charge in [-0.3, -0.25) is 0 Å². The quantitative estimate of drug-likeness (QED) is 0.713. The second-order valence-corrected chi connectivity index (χ2v) is 4.96. The molecule has 0 amide bonds. The first-order valence-corrected chi connectivity index (χ1v) is 6.92. The molecule has 1 rings (SSSR count). The van der Waals surface area contributed by atoms with Gasteiger partial charge in [0.1, 0.15) is 12.4 Å². The van der Waals surface area contributed by atoms with Gasteiger partial charge >= 0.3 is 6.18 Å². The van der Waals surface area contributed by atoms with Crippen molar-refractivity contribution in [1.82, 2.24) is 0 Å². The third kappa shape index (κ3) is 7.92. The van der Waals surface area contributed by atoms with Crippen LogP contribution in [0.25, 0.3) is 0 Å². The summed E-state index contributed by atoms with van der Waals surface area (Å²) in [6, 6.07) is 7.72. The largest absolute Gasteiger partial charge is 0.497 e. The first-order valence-electron chi connectivity index (χ1n) is 6.92. The standard InChI is InChI=1S/C15H22F3NO2/c1-20-14-6-4-12(5-7-14)9-13(10-19)3-2-8-21-11-15(16,17)18/h4-7,13H,2-3,8-11,19H2,1H3. The van der Waals surface area contributed by atoms with Crippen molar-refractivity contribution in [1.29, 1.82) is 0 Å². The summed E-state index contributed by atoms with van der Waals surface area (Å²) in [6.45, 7) is -0.567. The highest BCUT2D eigenvalue weighted by Gasteiger charge is 2.27. The highest BCUT2D eigenvalue weighted by Crippen LogP contribution is 2.18. The maximum Gasteiger partial charge on any atom is 0.411 e. The first kappa shape index (κ1) is 17.8. The van der Waals surface area contributed by atoms with E-state index >= 15 is 0 Å². The lowest BCUT2D eigenvalue weighted by Gasteiger charge is -2.15. The van der Waals surface area contributed by atoms with Crippen LogP contribution in [-0.2, 0) is 11.2 Å². The van der Waals surface area contributed by atoms with E-state index in [1.54, 1.807) is 7.11 Å². The van der Waals surface area contributed by atoms with E-state index in [1.807, 2.05) is 24.3 Å². The second kappa shape index (κ2) is 8.89. The molecule has 1 aromatic carbocycles. The van der Waals surface area contributed by atoms with Crippen LogP contribution in [0, 0.1) is 5.92 Å². The number of hydrogen-bond acceptors (Lipinski definition) is 3. The minimum Gasteiger partial charge on any atom is -0.497 e. The van der Waals surface area contributed by atoms with Gasteiger partial charge in [-0.1, -0.05) is 12.1 Å². The molecule has 0 aliphatic carbocycles.